The molecular weight excluding hydrogens is 264 g/mol. The van der Waals surface area contributed by atoms with Crippen molar-refractivity contribution in [2.45, 2.75) is 39.5 Å². The van der Waals surface area contributed by atoms with Gasteiger partial charge in [0.2, 0.25) is 0 Å². The zero-order valence-electron chi connectivity index (χ0n) is 11.4. The van der Waals surface area contributed by atoms with Gasteiger partial charge < -0.3 is 0 Å². The summed E-state index contributed by atoms with van der Waals surface area (Å²) in [4.78, 5) is 16.1. The minimum absolute atomic E-state index is 0.285. The zero-order valence-corrected chi connectivity index (χ0v) is 12.2. The van der Waals surface area contributed by atoms with E-state index in [4.69, 9.17) is 11.6 Å². The van der Waals surface area contributed by atoms with Crippen LogP contribution in [0, 0.1) is 0 Å². The molecule has 5 heteroatoms. The molecule has 1 rings (SSSR count). The smallest absolute Gasteiger partial charge is 0.297 e. The molecule has 0 unspecified atom stereocenters. The Morgan fingerprint density at radius 3 is 2.53 bits per heavy atom. The van der Waals surface area contributed by atoms with Crippen LogP contribution in [0.4, 0.5) is 10.5 Å². The number of nitrogens with one attached hydrogen (secondary N) is 1. The minimum Gasteiger partial charge on any atom is -0.297 e. The van der Waals surface area contributed by atoms with Crippen LogP contribution in [0.1, 0.15) is 45.1 Å². The Balaban J connectivity index is 2.50. The summed E-state index contributed by atoms with van der Waals surface area (Å²) in [6.07, 6.45) is 0.800. The third kappa shape index (κ3) is 5.75. The average molecular weight is 283 g/mol. The molecule has 0 radical (unpaired) electrons. The van der Waals surface area contributed by atoms with Crippen molar-refractivity contribution in [3.8, 4) is 0 Å². The highest BCUT2D eigenvalue weighted by Gasteiger charge is 2.04. The van der Waals surface area contributed by atoms with Crippen molar-refractivity contribution in [3.63, 3.8) is 0 Å². The maximum atomic E-state index is 11.4. The van der Waals surface area contributed by atoms with E-state index in [2.05, 4.69) is 29.2 Å². The van der Waals surface area contributed by atoms with Crippen LogP contribution in [-0.2, 0) is 4.84 Å². The van der Waals surface area contributed by atoms with E-state index in [1.165, 1.54) is 5.56 Å². The number of hydrogen-bond donors (Lipinski definition) is 1. The second-order valence-corrected chi connectivity index (χ2v) is 4.93. The molecule has 0 bridgehead atoms. The van der Waals surface area contributed by atoms with Gasteiger partial charge >= 0.3 is 6.09 Å². The lowest BCUT2D eigenvalue weighted by atomic mass is 10.0. The van der Waals surface area contributed by atoms with Crippen LogP contribution in [0.5, 0.6) is 0 Å². The lowest BCUT2D eigenvalue weighted by molar-refractivity contribution is 0.166. The normalized spacial score (nSPS) is 11.5. The van der Waals surface area contributed by atoms with Crippen LogP contribution in [0.3, 0.4) is 0 Å². The molecule has 0 aliphatic rings. The molecule has 1 aromatic rings. The highest BCUT2D eigenvalue weighted by atomic mass is 35.5. The van der Waals surface area contributed by atoms with E-state index in [0.717, 1.165) is 6.42 Å². The first kappa shape index (κ1) is 15.5. The summed E-state index contributed by atoms with van der Waals surface area (Å²) in [6.45, 7) is 6.19. The van der Waals surface area contributed by atoms with Gasteiger partial charge in [-0.25, -0.2) is 4.79 Å². The highest BCUT2D eigenvalue weighted by Crippen LogP contribution is 2.17. The van der Waals surface area contributed by atoms with Gasteiger partial charge in [0.05, 0.1) is 0 Å². The molecule has 1 aromatic carbocycles. The molecule has 0 saturated heterocycles. The Kier molecular flexibility index (Phi) is 6.36. The number of hydrogen-bond acceptors (Lipinski definition) is 3. The number of halogens is 1. The number of carbonyl (C=O) groups excluding carboxylic acids is 1. The second-order valence-electron chi connectivity index (χ2n) is 4.50. The van der Waals surface area contributed by atoms with E-state index in [-0.39, 0.29) is 5.17 Å². The SMILES string of the molecule is CCCC(Cl)=NOC(=O)Nc1ccc(C(C)C)cc1. The molecule has 0 fully saturated rings. The summed E-state index contributed by atoms with van der Waals surface area (Å²) in [7, 11) is 0. The fourth-order valence-corrected chi connectivity index (χ4v) is 1.66. The van der Waals surface area contributed by atoms with Crippen molar-refractivity contribution in [2.75, 3.05) is 5.32 Å². The van der Waals surface area contributed by atoms with Crippen molar-refractivity contribution in [3.05, 3.63) is 29.8 Å². The van der Waals surface area contributed by atoms with E-state index in [1.54, 1.807) is 0 Å². The van der Waals surface area contributed by atoms with Gasteiger partial charge in [-0.15, -0.1) is 0 Å². The number of anilines is 1. The quantitative estimate of drug-likeness (QED) is 0.483. The summed E-state index contributed by atoms with van der Waals surface area (Å²) in [5, 5.41) is 6.39. The Bertz CT molecular complexity index is 441. The number of rotatable bonds is 5. The molecule has 0 aliphatic carbocycles. The first-order valence-electron chi connectivity index (χ1n) is 6.33. The van der Waals surface area contributed by atoms with Gasteiger partial charge in [-0.1, -0.05) is 49.7 Å². The molecule has 19 heavy (non-hydrogen) atoms. The second kappa shape index (κ2) is 7.79. The van der Waals surface area contributed by atoms with Crippen molar-refractivity contribution in [1.29, 1.82) is 0 Å². The minimum atomic E-state index is -0.647. The molecule has 1 amide bonds. The van der Waals surface area contributed by atoms with Crippen LogP contribution in [0.2, 0.25) is 0 Å². The summed E-state index contributed by atoms with van der Waals surface area (Å²) in [6, 6.07) is 7.59. The van der Waals surface area contributed by atoms with E-state index >= 15 is 0 Å². The Hall–Kier alpha value is -1.55. The Morgan fingerprint density at radius 1 is 1.37 bits per heavy atom. The summed E-state index contributed by atoms with van der Waals surface area (Å²) in [5.41, 5.74) is 1.87. The predicted octanol–water partition coefficient (Wildman–Crippen LogP) is 4.71. The number of nitrogens with zero attached hydrogens (tertiary/aromatic N) is 1. The summed E-state index contributed by atoms with van der Waals surface area (Å²) < 4.78 is 0. The largest absolute Gasteiger partial charge is 0.437 e. The monoisotopic (exact) mass is 282 g/mol. The van der Waals surface area contributed by atoms with E-state index < -0.39 is 6.09 Å². The maximum Gasteiger partial charge on any atom is 0.437 e. The number of benzene rings is 1. The molecule has 0 aliphatic heterocycles. The standard InChI is InChI=1S/C14H19ClN2O2/c1-4-5-13(15)17-19-14(18)16-12-8-6-11(7-9-12)10(2)3/h6-10H,4-5H2,1-3H3,(H,16,18). The van der Waals surface area contributed by atoms with Gasteiger partial charge in [0.1, 0.15) is 5.17 Å². The molecule has 0 heterocycles. The van der Waals surface area contributed by atoms with E-state index in [0.29, 0.717) is 18.0 Å². The van der Waals surface area contributed by atoms with E-state index in [1.807, 2.05) is 31.2 Å². The van der Waals surface area contributed by atoms with Gasteiger partial charge in [0.25, 0.3) is 0 Å². The van der Waals surface area contributed by atoms with Crippen LogP contribution >= 0.6 is 11.6 Å². The molecular formula is C14H19ClN2O2. The van der Waals surface area contributed by atoms with E-state index in [9.17, 15) is 4.79 Å². The van der Waals surface area contributed by atoms with Crippen molar-refractivity contribution < 1.29 is 9.63 Å². The zero-order chi connectivity index (χ0) is 14.3. The van der Waals surface area contributed by atoms with Crippen molar-refractivity contribution in [1.82, 2.24) is 0 Å². The molecule has 0 atom stereocenters. The van der Waals surface area contributed by atoms with Gasteiger partial charge in [0.15, 0.2) is 0 Å². The third-order valence-electron chi connectivity index (χ3n) is 2.51. The fraction of sp³-hybridized carbons (Fsp3) is 0.429. The maximum absolute atomic E-state index is 11.4. The Morgan fingerprint density at radius 2 is 2.00 bits per heavy atom. The first-order chi connectivity index (χ1) is 9.02. The molecule has 4 nitrogen and oxygen atoms in total. The van der Waals surface area contributed by atoms with Crippen molar-refractivity contribution in [2.24, 2.45) is 5.16 Å². The van der Waals surface area contributed by atoms with Crippen LogP contribution in [-0.4, -0.2) is 11.3 Å². The molecule has 0 spiro atoms. The van der Waals surface area contributed by atoms with Gasteiger partial charge in [-0.2, -0.15) is 0 Å². The van der Waals surface area contributed by atoms with Gasteiger partial charge in [-0.05, 0) is 30.0 Å². The first-order valence-corrected chi connectivity index (χ1v) is 6.71. The topological polar surface area (TPSA) is 50.7 Å². The Labute approximate surface area is 118 Å². The molecule has 104 valence electrons. The summed E-state index contributed by atoms with van der Waals surface area (Å²) >= 11 is 5.73. The summed E-state index contributed by atoms with van der Waals surface area (Å²) in [5.74, 6) is 0.457. The lowest BCUT2D eigenvalue weighted by Crippen LogP contribution is -2.11. The number of carbonyl (C=O) groups is 1. The van der Waals surface area contributed by atoms with Gasteiger partial charge in [0, 0.05) is 12.1 Å². The molecule has 1 N–H and O–H groups in total. The predicted molar refractivity (Wildman–Crippen MR) is 78.8 cm³/mol. The third-order valence-corrected chi connectivity index (χ3v) is 2.77. The fourth-order valence-electron chi connectivity index (χ4n) is 1.43. The van der Waals surface area contributed by atoms with Crippen molar-refractivity contribution >= 4 is 28.6 Å². The highest BCUT2D eigenvalue weighted by molar-refractivity contribution is 6.65. The van der Waals surface area contributed by atoms with Gasteiger partial charge in [-0.3, -0.25) is 10.2 Å². The lowest BCUT2D eigenvalue weighted by Gasteiger charge is -2.07. The van der Waals surface area contributed by atoms with Crippen LogP contribution in [0.15, 0.2) is 29.4 Å². The number of amides is 1. The number of oxime groups is 1. The van der Waals surface area contributed by atoms with Crippen LogP contribution < -0.4 is 5.32 Å². The van der Waals surface area contributed by atoms with Crippen LogP contribution in [0.25, 0.3) is 0 Å². The average Bonchev–Trinajstić information content (AvgIpc) is 2.37. The molecule has 0 saturated carbocycles. The molecule has 0 aromatic heterocycles.